The summed E-state index contributed by atoms with van der Waals surface area (Å²) in [5.74, 6) is 1.50. The molecule has 0 bridgehead atoms. The monoisotopic (exact) mass is 255 g/mol. The summed E-state index contributed by atoms with van der Waals surface area (Å²) < 4.78 is 13.2. The lowest BCUT2D eigenvalue weighted by atomic mass is 10.0. The number of halogens is 1. The minimum Gasteiger partial charge on any atom is -0.326 e. The maximum absolute atomic E-state index is 13.2. The Bertz CT molecular complexity index is 341. The van der Waals surface area contributed by atoms with Crippen molar-refractivity contribution < 1.29 is 4.39 Å². The van der Waals surface area contributed by atoms with Gasteiger partial charge in [0.25, 0.3) is 0 Å². The van der Waals surface area contributed by atoms with Crippen molar-refractivity contribution in [2.75, 3.05) is 5.75 Å². The molecule has 96 valence electrons. The highest BCUT2D eigenvalue weighted by molar-refractivity contribution is 7.99. The third-order valence-corrected chi connectivity index (χ3v) is 4.49. The molecule has 0 amide bonds. The van der Waals surface area contributed by atoms with E-state index in [-0.39, 0.29) is 17.1 Å². The van der Waals surface area contributed by atoms with Gasteiger partial charge < -0.3 is 5.73 Å². The van der Waals surface area contributed by atoms with Crippen LogP contribution in [-0.2, 0) is 0 Å². The predicted molar refractivity (Wildman–Crippen MR) is 74.7 cm³/mol. The molecule has 0 aliphatic heterocycles. The molecule has 1 aromatic rings. The van der Waals surface area contributed by atoms with Crippen molar-refractivity contribution in [3.05, 3.63) is 35.6 Å². The Balaban J connectivity index is 2.82. The van der Waals surface area contributed by atoms with Crippen molar-refractivity contribution in [2.45, 2.75) is 38.5 Å². The van der Waals surface area contributed by atoms with E-state index in [1.165, 1.54) is 6.07 Å². The summed E-state index contributed by atoms with van der Waals surface area (Å²) in [6.45, 7) is 6.45. The van der Waals surface area contributed by atoms with Crippen molar-refractivity contribution in [3.8, 4) is 0 Å². The largest absolute Gasteiger partial charge is 0.326 e. The molecule has 1 nitrogen and oxygen atoms in total. The molecule has 0 aliphatic rings. The summed E-state index contributed by atoms with van der Waals surface area (Å²) in [6, 6.07) is 6.89. The van der Waals surface area contributed by atoms with E-state index in [4.69, 9.17) is 5.73 Å². The summed E-state index contributed by atoms with van der Waals surface area (Å²) in [4.78, 5) is 0. The summed E-state index contributed by atoms with van der Waals surface area (Å²) in [7, 11) is 0. The first kappa shape index (κ1) is 14.5. The smallest absolute Gasteiger partial charge is 0.123 e. The zero-order valence-corrected chi connectivity index (χ0v) is 11.6. The zero-order valence-electron chi connectivity index (χ0n) is 10.8. The van der Waals surface area contributed by atoms with E-state index in [2.05, 4.69) is 20.8 Å². The van der Waals surface area contributed by atoms with Crippen LogP contribution in [-0.4, -0.2) is 11.8 Å². The molecule has 17 heavy (non-hydrogen) atoms. The predicted octanol–water partition coefficient (Wildman–Crippen LogP) is 3.99. The molecule has 3 heteroatoms. The van der Waals surface area contributed by atoms with Crippen molar-refractivity contribution >= 4 is 11.8 Å². The van der Waals surface area contributed by atoms with E-state index in [9.17, 15) is 4.39 Å². The molecule has 0 aromatic heterocycles. The van der Waals surface area contributed by atoms with Gasteiger partial charge in [-0.1, -0.05) is 32.9 Å². The van der Waals surface area contributed by atoms with Crippen LogP contribution in [0.25, 0.3) is 0 Å². The van der Waals surface area contributed by atoms with E-state index in [1.54, 1.807) is 12.1 Å². The first-order valence-corrected chi connectivity index (χ1v) is 7.22. The molecule has 1 rings (SSSR count). The summed E-state index contributed by atoms with van der Waals surface area (Å²) in [6.07, 6.45) is 0.909. The zero-order chi connectivity index (χ0) is 12.8. The van der Waals surface area contributed by atoms with Crippen LogP contribution in [0.4, 0.5) is 4.39 Å². The van der Waals surface area contributed by atoms with Crippen molar-refractivity contribution in [1.82, 2.24) is 0 Å². The Kier molecular flexibility index (Phi) is 6.00. The lowest BCUT2D eigenvalue weighted by Crippen LogP contribution is -2.26. The fraction of sp³-hybridized carbons (Fsp3) is 0.571. The van der Waals surface area contributed by atoms with Crippen molar-refractivity contribution in [3.63, 3.8) is 0 Å². The van der Waals surface area contributed by atoms with E-state index >= 15 is 0 Å². The summed E-state index contributed by atoms with van der Waals surface area (Å²) in [5.41, 5.74) is 7.15. The Morgan fingerprint density at radius 1 is 1.35 bits per heavy atom. The van der Waals surface area contributed by atoms with Gasteiger partial charge in [-0.2, -0.15) is 11.8 Å². The molecule has 0 spiro atoms. The number of nitrogens with two attached hydrogens (primary N) is 1. The first-order chi connectivity index (χ1) is 8.04. The van der Waals surface area contributed by atoms with Crippen LogP contribution in [0, 0.1) is 11.7 Å². The normalized spacial score (nSPS) is 14.9. The molecule has 1 aromatic carbocycles. The molecule has 0 heterocycles. The fourth-order valence-corrected chi connectivity index (χ4v) is 3.03. The number of hydrogen-bond donors (Lipinski definition) is 1. The second-order valence-corrected chi connectivity index (χ2v) is 5.95. The minimum absolute atomic E-state index is 0.0838. The van der Waals surface area contributed by atoms with Crippen LogP contribution in [0.1, 0.15) is 38.0 Å². The third-order valence-electron chi connectivity index (χ3n) is 2.65. The Morgan fingerprint density at radius 2 is 2.06 bits per heavy atom. The lowest BCUT2D eigenvalue weighted by molar-refractivity contribution is 0.608. The van der Waals surface area contributed by atoms with Gasteiger partial charge in [0, 0.05) is 11.3 Å². The van der Waals surface area contributed by atoms with Crippen LogP contribution in [0.3, 0.4) is 0 Å². The van der Waals surface area contributed by atoms with Gasteiger partial charge in [-0.3, -0.25) is 0 Å². The van der Waals surface area contributed by atoms with Gasteiger partial charge in [0.2, 0.25) is 0 Å². The maximum atomic E-state index is 13.2. The highest BCUT2D eigenvalue weighted by atomic mass is 32.2. The average molecular weight is 255 g/mol. The van der Waals surface area contributed by atoms with Crippen molar-refractivity contribution in [1.29, 1.82) is 0 Å². The topological polar surface area (TPSA) is 26.0 Å². The van der Waals surface area contributed by atoms with Crippen LogP contribution in [0.15, 0.2) is 24.3 Å². The fourth-order valence-electron chi connectivity index (χ4n) is 1.66. The standard InChI is InChI=1S/C14H22FNS/c1-4-13(16)14(17-9-10(2)3)11-6-5-7-12(15)8-11/h5-8,10,13-14H,4,9,16H2,1-3H3. The molecule has 0 saturated carbocycles. The highest BCUT2D eigenvalue weighted by Gasteiger charge is 2.19. The van der Waals surface area contributed by atoms with Gasteiger partial charge in [-0.25, -0.2) is 4.39 Å². The molecule has 0 saturated heterocycles. The average Bonchev–Trinajstić information content (AvgIpc) is 2.28. The molecular formula is C14H22FNS. The number of benzene rings is 1. The molecule has 0 aliphatic carbocycles. The maximum Gasteiger partial charge on any atom is 0.123 e. The Labute approximate surface area is 108 Å². The lowest BCUT2D eigenvalue weighted by Gasteiger charge is -2.23. The third kappa shape index (κ3) is 4.68. The minimum atomic E-state index is -0.180. The highest BCUT2D eigenvalue weighted by Crippen LogP contribution is 2.34. The van der Waals surface area contributed by atoms with E-state index in [0.29, 0.717) is 5.92 Å². The van der Waals surface area contributed by atoms with Gasteiger partial charge in [0.05, 0.1) is 0 Å². The van der Waals surface area contributed by atoms with E-state index in [0.717, 1.165) is 17.7 Å². The molecule has 2 atom stereocenters. The number of hydrogen-bond acceptors (Lipinski definition) is 2. The molecule has 0 radical (unpaired) electrons. The summed E-state index contributed by atoms with van der Waals surface area (Å²) >= 11 is 1.83. The van der Waals surface area contributed by atoms with Gasteiger partial charge in [0.15, 0.2) is 0 Å². The molecule has 2 N–H and O–H groups in total. The Hall–Kier alpha value is -0.540. The van der Waals surface area contributed by atoms with Crippen LogP contribution in [0.2, 0.25) is 0 Å². The Morgan fingerprint density at radius 3 is 2.59 bits per heavy atom. The van der Waals surface area contributed by atoms with Crippen molar-refractivity contribution in [2.24, 2.45) is 11.7 Å². The summed E-state index contributed by atoms with van der Waals surface area (Å²) in [5, 5.41) is 0.193. The van der Waals surface area contributed by atoms with Gasteiger partial charge in [-0.15, -0.1) is 0 Å². The van der Waals surface area contributed by atoms with E-state index in [1.807, 2.05) is 17.8 Å². The second kappa shape index (κ2) is 7.02. The van der Waals surface area contributed by atoms with Crippen LogP contribution >= 0.6 is 11.8 Å². The van der Waals surface area contributed by atoms with Gasteiger partial charge in [0.1, 0.15) is 5.82 Å². The molecule has 2 unspecified atom stereocenters. The molecule has 0 fully saturated rings. The van der Waals surface area contributed by atoms with Gasteiger partial charge >= 0.3 is 0 Å². The van der Waals surface area contributed by atoms with Gasteiger partial charge in [-0.05, 0) is 35.8 Å². The number of rotatable bonds is 6. The van der Waals surface area contributed by atoms with Crippen LogP contribution < -0.4 is 5.73 Å². The quantitative estimate of drug-likeness (QED) is 0.831. The SMILES string of the molecule is CCC(N)C(SCC(C)C)c1cccc(F)c1. The molecular weight excluding hydrogens is 233 g/mol. The van der Waals surface area contributed by atoms with E-state index < -0.39 is 0 Å². The second-order valence-electron chi connectivity index (χ2n) is 4.77. The van der Waals surface area contributed by atoms with Crippen LogP contribution in [0.5, 0.6) is 0 Å². The first-order valence-electron chi connectivity index (χ1n) is 6.17. The number of thioether (sulfide) groups is 1.